The number of carboxylic acids is 1. The molecule has 1 fully saturated rings. The lowest BCUT2D eigenvalue weighted by atomic mass is 10.1. The van der Waals surface area contributed by atoms with Crippen LogP contribution in [0.5, 0.6) is 0 Å². The second-order valence-electron chi connectivity index (χ2n) is 6.81. The molecule has 1 aliphatic rings. The molecule has 5 nitrogen and oxygen atoms in total. The smallest absolute Gasteiger partial charge is 0.317 e. The van der Waals surface area contributed by atoms with Crippen LogP contribution in [0.15, 0.2) is 24.3 Å². The number of aliphatic carboxylic acids is 1. The minimum atomic E-state index is -0.771. The summed E-state index contributed by atoms with van der Waals surface area (Å²) in [7, 11) is 1.90. The van der Waals surface area contributed by atoms with Crippen molar-refractivity contribution in [3.8, 4) is 0 Å². The summed E-state index contributed by atoms with van der Waals surface area (Å²) in [5.41, 5.74) is 2.07. The van der Waals surface area contributed by atoms with Crippen LogP contribution in [0.1, 0.15) is 24.8 Å². The van der Waals surface area contributed by atoms with Crippen molar-refractivity contribution in [1.29, 1.82) is 0 Å². The predicted molar refractivity (Wildman–Crippen MR) is 102 cm³/mol. The molecule has 0 amide bonds. The third-order valence-corrected chi connectivity index (χ3v) is 5.35. The van der Waals surface area contributed by atoms with Gasteiger partial charge < -0.3 is 10.0 Å². The SMILES string of the molecule is Cc1ccc(Cl)c2ccc(N3CCCC(N(C)CC(=O)O)CC3)nc12. The van der Waals surface area contributed by atoms with E-state index < -0.39 is 5.97 Å². The molecule has 1 atom stereocenters. The van der Waals surface area contributed by atoms with Gasteiger partial charge in [0.15, 0.2) is 0 Å². The second-order valence-corrected chi connectivity index (χ2v) is 7.22. The first-order chi connectivity index (χ1) is 12.0. The zero-order chi connectivity index (χ0) is 18.0. The van der Waals surface area contributed by atoms with Crippen LogP contribution in [0.3, 0.4) is 0 Å². The molecule has 1 aliphatic heterocycles. The molecule has 25 heavy (non-hydrogen) atoms. The number of rotatable bonds is 4. The number of fused-ring (bicyclic) bond motifs is 1. The number of carboxylic acid groups (broad SMARTS) is 1. The Bertz CT molecular complexity index is 781. The van der Waals surface area contributed by atoms with Crippen LogP contribution in [-0.2, 0) is 4.79 Å². The van der Waals surface area contributed by atoms with E-state index in [0.717, 1.165) is 59.7 Å². The molecular formula is C19H24ClN3O2. The molecule has 134 valence electrons. The normalized spacial score (nSPS) is 18.6. The van der Waals surface area contributed by atoms with Crippen molar-refractivity contribution < 1.29 is 9.90 Å². The fourth-order valence-electron chi connectivity index (χ4n) is 3.58. The largest absolute Gasteiger partial charge is 0.480 e. The first kappa shape index (κ1) is 18.0. The number of pyridine rings is 1. The highest BCUT2D eigenvalue weighted by atomic mass is 35.5. The number of benzene rings is 1. The van der Waals surface area contributed by atoms with Crippen LogP contribution in [0.4, 0.5) is 5.82 Å². The average Bonchev–Trinajstić information content (AvgIpc) is 2.83. The summed E-state index contributed by atoms with van der Waals surface area (Å²) in [5.74, 6) is 0.201. The third-order valence-electron chi connectivity index (χ3n) is 5.02. The predicted octanol–water partition coefficient (Wildman–Crippen LogP) is 3.57. The lowest BCUT2D eigenvalue weighted by molar-refractivity contribution is -0.138. The maximum atomic E-state index is 10.9. The van der Waals surface area contributed by atoms with Crippen molar-refractivity contribution in [3.05, 3.63) is 34.9 Å². The van der Waals surface area contributed by atoms with Crippen molar-refractivity contribution in [2.45, 2.75) is 32.2 Å². The maximum absolute atomic E-state index is 10.9. The third kappa shape index (κ3) is 4.05. The number of aromatic nitrogens is 1. The van der Waals surface area contributed by atoms with Gasteiger partial charge in [0, 0.05) is 29.5 Å². The molecule has 1 saturated heterocycles. The lowest BCUT2D eigenvalue weighted by Crippen LogP contribution is -2.36. The van der Waals surface area contributed by atoms with Gasteiger partial charge in [-0.2, -0.15) is 0 Å². The standard InChI is InChI=1S/C19H24ClN3O2/c1-13-5-7-16(20)15-6-8-17(21-19(13)15)23-10-3-4-14(9-11-23)22(2)12-18(24)25/h5-8,14H,3-4,9-12H2,1-2H3,(H,24,25). The Morgan fingerprint density at radius 1 is 1.32 bits per heavy atom. The zero-order valence-electron chi connectivity index (χ0n) is 14.7. The molecule has 1 aromatic carbocycles. The molecule has 2 aromatic rings. The van der Waals surface area contributed by atoms with Crippen molar-refractivity contribution in [2.24, 2.45) is 0 Å². The van der Waals surface area contributed by atoms with Gasteiger partial charge in [0.05, 0.1) is 12.1 Å². The quantitative estimate of drug-likeness (QED) is 0.902. The molecule has 0 bridgehead atoms. The van der Waals surface area contributed by atoms with E-state index in [1.807, 2.05) is 36.2 Å². The highest BCUT2D eigenvalue weighted by molar-refractivity contribution is 6.35. The fourth-order valence-corrected chi connectivity index (χ4v) is 3.79. The number of nitrogens with zero attached hydrogens (tertiary/aromatic N) is 3. The molecule has 0 radical (unpaired) electrons. The Hall–Kier alpha value is -1.85. The number of hydrogen-bond donors (Lipinski definition) is 1. The van der Waals surface area contributed by atoms with Crippen LogP contribution in [-0.4, -0.2) is 53.7 Å². The molecular weight excluding hydrogens is 338 g/mol. The van der Waals surface area contributed by atoms with E-state index in [-0.39, 0.29) is 6.54 Å². The molecule has 1 unspecified atom stereocenters. The second kappa shape index (κ2) is 7.58. The number of anilines is 1. The van der Waals surface area contributed by atoms with Crippen LogP contribution in [0.25, 0.3) is 10.9 Å². The Balaban J connectivity index is 1.77. The van der Waals surface area contributed by atoms with E-state index in [4.69, 9.17) is 21.7 Å². The number of likely N-dealkylation sites (N-methyl/N-ethyl adjacent to an activating group) is 1. The molecule has 0 saturated carbocycles. The van der Waals surface area contributed by atoms with Gasteiger partial charge in [-0.15, -0.1) is 0 Å². The van der Waals surface area contributed by atoms with Gasteiger partial charge in [-0.1, -0.05) is 17.7 Å². The van der Waals surface area contributed by atoms with Crippen LogP contribution in [0.2, 0.25) is 5.02 Å². The fraction of sp³-hybridized carbons (Fsp3) is 0.474. The Labute approximate surface area is 153 Å². The van der Waals surface area contributed by atoms with E-state index in [9.17, 15) is 4.79 Å². The van der Waals surface area contributed by atoms with E-state index in [2.05, 4.69) is 11.8 Å². The number of halogens is 1. The van der Waals surface area contributed by atoms with Gasteiger partial charge in [-0.25, -0.2) is 4.98 Å². The zero-order valence-corrected chi connectivity index (χ0v) is 15.5. The highest BCUT2D eigenvalue weighted by Crippen LogP contribution is 2.28. The van der Waals surface area contributed by atoms with E-state index in [1.54, 1.807) is 0 Å². The average molecular weight is 362 g/mol. The first-order valence-corrected chi connectivity index (χ1v) is 9.06. The van der Waals surface area contributed by atoms with Gasteiger partial charge in [0.25, 0.3) is 0 Å². The van der Waals surface area contributed by atoms with Gasteiger partial charge in [-0.05, 0) is 57.0 Å². The minimum absolute atomic E-state index is 0.0938. The molecule has 2 heterocycles. The molecule has 1 aromatic heterocycles. The van der Waals surface area contributed by atoms with Gasteiger partial charge in [-0.3, -0.25) is 9.69 Å². The summed E-state index contributed by atoms with van der Waals surface area (Å²) >= 11 is 6.28. The van der Waals surface area contributed by atoms with Crippen LogP contribution < -0.4 is 4.90 Å². The van der Waals surface area contributed by atoms with Gasteiger partial charge in [0.1, 0.15) is 5.82 Å². The number of carbonyl (C=O) groups is 1. The highest BCUT2D eigenvalue weighted by Gasteiger charge is 2.22. The van der Waals surface area contributed by atoms with Gasteiger partial charge >= 0.3 is 5.97 Å². The van der Waals surface area contributed by atoms with Crippen molar-refractivity contribution in [3.63, 3.8) is 0 Å². The molecule has 1 N–H and O–H groups in total. The minimum Gasteiger partial charge on any atom is -0.480 e. The summed E-state index contributed by atoms with van der Waals surface area (Å²) < 4.78 is 0. The topological polar surface area (TPSA) is 56.7 Å². The van der Waals surface area contributed by atoms with Gasteiger partial charge in [0.2, 0.25) is 0 Å². The molecule has 0 aliphatic carbocycles. The van der Waals surface area contributed by atoms with E-state index in [1.165, 1.54) is 0 Å². The molecule has 3 rings (SSSR count). The Kier molecular flexibility index (Phi) is 5.45. The monoisotopic (exact) mass is 361 g/mol. The van der Waals surface area contributed by atoms with Crippen LogP contribution >= 0.6 is 11.6 Å². The number of hydrogen-bond acceptors (Lipinski definition) is 4. The lowest BCUT2D eigenvalue weighted by Gasteiger charge is -2.26. The van der Waals surface area contributed by atoms with Crippen molar-refractivity contribution in [2.75, 3.05) is 31.6 Å². The Morgan fingerprint density at radius 3 is 2.88 bits per heavy atom. The number of aryl methyl sites for hydroxylation is 1. The summed E-state index contributed by atoms with van der Waals surface area (Å²) in [5, 5.41) is 10.7. The van der Waals surface area contributed by atoms with Crippen molar-refractivity contribution >= 4 is 34.3 Å². The molecule has 6 heteroatoms. The van der Waals surface area contributed by atoms with E-state index >= 15 is 0 Å². The summed E-state index contributed by atoms with van der Waals surface area (Å²) in [6.45, 7) is 3.97. The van der Waals surface area contributed by atoms with E-state index in [0.29, 0.717) is 6.04 Å². The summed E-state index contributed by atoms with van der Waals surface area (Å²) in [4.78, 5) is 20.0. The van der Waals surface area contributed by atoms with Crippen LogP contribution in [0, 0.1) is 6.92 Å². The summed E-state index contributed by atoms with van der Waals surface area (Å²) in [6.07, 6.45) is 2.99. The first-order valence-electron chi connectivity index (χ1n) is 8.68. The maximum Gasteiger partial charge on any atom is 0.317 e. The van der Waals surface area contributed by atoms with Crippen molar-refractivity contribution in [1.82, 2.24) is 9.88 Å². The molecule has 0 spiro atoms. The Morgan fingerprint density at radius 2 is 2.12 bits per heavy atom. The summed E-state index contributed by atoms with van der Waals surface area (Å²) in [6, 6.07) is 8.30.